The molecule has 0 amide bonds. The number of aryl methyl sites for hydroxylation is 1. The van der Waals surface area contributed by atoms with E-state index in [9.17, 15) is 0 Å². The number of rotatable bonds is 8. The standard InChI is InChI=1S/C73H69BN2Si/c1-50-44-67-69-68(45-50)76(70-61(51-26-16-11-17-27-51)46-55(73(8,9)10)47-62(70)52-28-18-12-19-29-52)66-43-41-60(77(57-30-20-13-21-31-57,58-32-22-14-23-33-58)59-34-24-15-25-35-59)49-64(66)74(69)63-48-54(72(5,6)7)38-42-65(63)75(67)56-39-36-53(37-40-56)71(2,3)4/h11-49H,1-10H3. The molecule has 0 atom stereocenters. The highest BCUT2D eigenvalue weighted by atomic mass is 28.3. The van der Waals surface area contributed by atoms with Gasteiger partial charge in [-0.3, -0.25) is 0 Å². The summed E-state index contributed by atoms with van der Waals surface area (Å²) in [6, 6.07) is 90.9. The van der Waals surface area contributed by atoms with Crippen LogP contribution in [0.5, 0.6) is 0 Å². The molecule has 0 aromatic heterocycles. The molecule has 0 radical (unpaired) electrons. The van der Waals surface area contributed by atoms with Crippen molar-refractivity contribution in [2.24, 2.45) is 0 Å². The van der Waals surface area contributed by atoms with E-state index in [0.29, 0.717) is 0 Å². The molecule has 4 heteroatoms. The highest BCUT2D eigenvalue weighted by molar-refractivity contribution is 7.20. The van der Waals surface area contributed by atoms with Gasteiger partial charge in [-0.15, -0.1) is 0 Å². The molecule has 77 heavy (non-hydrogen) atoms. The molecule has 2 aliphatic rings. The maximum Gasteiger partial charge on any atom is 0.252 e. The average molecular weight is 1010 g/mol. The van der Waals surface area contributed by atoms with Crippen LogP contribution < -0.4 is 46.9 Å². The number of nitrogens with zero attached hydrogens (tertiary/aromatic N) is 2. The molecule has 10 aromatic rings. The summed E-state index contributed by atoms with van der Waals surface area (Å²) in [4.78, 5) is 5.27. The van der Waals surface area contributed by atoms with Gasteiger partial charge < -0.3 is 9.80 Å². The summed E-state index contributed by atoms with van der Waals surface area (Å²) in [6.07, 6.45) is 0. The van der Waals surface area contributed by atoms with Crippen molar-refractivity contribution in [1.29, 1.82) is 0 Å². The van der Waals surface area contributed by atoms with Crippen molar-refractivity contribution in [3.63, 3.8) is 0 Å². The molecule has 2 heterocycles. The summed E-state index contributed by atoms with van der Waals surface area (Å²) in [5.41, 5.74) is 20.9. The zero-order chi connectivity index (χ0) is 53.4. The van der Waals surface area contributed by atoms with Crippen molar-refractivity contribution in [2.45, 2.75) is 85.5 Å². The fraction of sp³-hybridized carbons (Fsp3) is 0.178. The number of hydrogen-bond donors (Lipinski definition) is 0. The van der Waals surface area contributed by atoms with Crippen LogP contribution in [-0.4, -0.2) is 14.8 Å². The molecular weight excluding hydrogens is 944 g/mol. The summed E-state index contributed by atoms with van der Waals surface area (Å²) in [6.45, 7) is 23.2. The van der Waals surface area contributed by atoms with Crippen LogP contribution in [-0.2, 0) is 16.2 Å². The monoisotopic (exact) mass is 1010 g/mol. The van der Waals surface area contributed by atoms with Crippen molar-refractivity contribution in [2.75, 3.05) is 9.80 Å². The Hall–Kier alpha value is -7.92. The third-order valence-corrected chi connectivity index (χ3v) is 21.3. The number of anilines is 6. The topological polar surface area (TPSA) is 6.48 Å². The summed E-state index contributed by atoms with van der Waals surface area (Å²) in [7, 11) is -3.00. The van der Waals surface area contributed by atoms with Crippen LogP contribution in [0.15, 0.2) is 237 Å². The molecule has 0 aliphatic carbocycles. The van der Waals surface area contributed by atoms with Gasteiger partial charge in [0.05, 0.1) is 5.69 Å². The van der Waals surface area contributed by atoms with Crippen LogP contribution >= 0.6 is 0 Å². The first-order valence-corrected chi connectivity index (χ1v) is 29.6. The van der Waals surface area contributed by atoms with E-state index in [1.165, 1.54) is 110 Å². The first-order valence-electron chi connectivity index (χ1n) is 27.6. The number of fused-ring (bicyclic) bond motifs is 4. The molecule has 0 spiro atoms. The zero-order valence-electron chi connectivity index (χ0n) is 46.5. The Morgan fingerprint density at radius 1 is 0.338 bits per heavy atom. The smallest absolute Gasteiger partial charge is 0.252 e. The van der Waals surface area contributed by atoms with E-state index < -0.39 is 8.07 Å². The number of hydrogen-bond acceptors (Lipinski definition) is 2. The van der Waals surface area contributed by atoms with Crippen LogP contribution in [0.3, 0.4) is 0 Å². The first kappa shape index (κ1) is 49.9. The molecule has 0 saturated heterocycles. The molecule has 0 N–H and O–H groups in total. The fourth-order valence-electron chi connectivity index (χ4n) is 12.5. The van der Waals surface area contributed by atoms with Crippen molar-refractivity contribution in [3.05, 3.63) is 259 Å². The van der Waals surface area contributed by atoms with E-state index in [-0.39, 0.29) is 23.0 Å². The number of benzene rings is 10. The third-order valence-electron chi connectivity index (χ3n) is 16.5. The van der Waals surface area contributed by atoms with Gasteiger partial charge in [-0.05, 0) is 142 Å². The van der Waals surface area contributed by atoms with Gasteiger partial charge in [0.15, 0.2) is 8.07 Å². The molecule has 2 nitrogen and oxygen atoms in total. The molecule has 12 rings (SSSR count). The molecule has 378 valence electrons. The van der Waals surface area contributed by atoms with Crippen LogP contribution in [0.4, 0.5) is 34.1 Å². The quantitative estimate of drug-likeness (QED) is 0.111. The van der Waals surface area contributed by atoms with Gasteiger partial charge in [0.1, 0.15) is 0 Å². The minimum Gasteiger partial charge on any atom is -0.311 e. The Kier molecular flexibility index (Phi) is 12.3. The van der Waals surface area contributed by atoms with E-state index in [1.807, 2.05) is 0 Å². The van der Waals surface area contributed by atoms with Crippen LogP contribution in [0, 0.1) is 6.92 Å². The summed E-state index contributed by atoms with van der Waals surface area (Å²) < 4.78 is 0. The predicted molar refractivity (Wildman–Crippen MR) is 336 cm³/mol. The SMILES string of the molecule is Cc1cc2c3c(c1)N(c1c(-c4ccccc4)cc(C(C)(C)C)cc1-c1ccccc1)c1ccc([Si](c4ccccc4)(c4ccccc4)c4ccccc4)cc1B3c1cc(C(C)(C)C)ccc1N2c1ccc(C(C)(C)C)cc1. The van der Waals surface area contributed by atoms with E-state index >= 15 is 0 Å². The molecule has 0 bridgehead atoms. The maximum absolute atomic E-state index is 3.00. The fourth-order valence-corrected chi connectivity index (χ4v) is 17.3. The Balaban J connectivity index is 1.26. The largest absolute Gasteiger partial charge is 0.311 e. The Bertz CT molecular complexity index is 3640. The molecule has 0 saturated carbocycles. The minimum atomic E-state index is -3.00. The Morgan fingerprint density at radius 2 is 0.740 bits per heavy atom. The van der Waals surface area contributed by atoms with E-state index in [1.54, 1.807) is 0 Å². The van der Waals surface area contributed by atoms with Gasteiger partial charge in [0, 0.05) is 39.6 Å². The second-order valence-electron chi connectivity index (χ2n) is 24.7. The lowest BCUT2D eigenvalue weighted by Crippen LogP contribution is -2.75. The second-order valence-corrected chi connectivity index (χ2v) is 28.5. The molecular formula is C73H69BN2Si. The van der Waals surface area contributed by atoms with Gasteiger partial charge in [-0.25, -0.2) is 0 Å². The Morgan fingerprint density at radius 3 is 1.21 bits per heavy atom. The van der Waals surface area contributed by atoms with Crippen molar-refractivity contribution < 1.29 is 0 Å². The van der Waals surface area contributed by atoms with Gasteiger partial charge in [0.25, 0.3) is 6.71 Å². The Labute approximate surface area is 459 Å². The van der Waals surface area contributed by atoms with Crippen molar-refractivity contribution in [3.8, 4) is 22.3 Å². The summed E-state index contributed by atoms with van der Waals surface area (Å²) in [5, 5.41) is 5.45. The molecule has 2 aliphatic heterocycles. The third kappa shape index (κ3) is 8.59. The second kappa shape index (κ2) is 19.0. The summed E-state index contributed by atoms with van der Waals surface area (Å²) in [5.74, 6) is 0. The van der Waals surface area contributed by atoms with Crippen molar-refractivity contribution >= 4 is 86.0 Å². The van der Waals surface area contributed by atoms with Gasteiger partial charge >= 0.3 is 0 Å². The van der Waals surface area contributed by atoms with E-state index in [2.05, 4.69) is 316 Å². The molecule has 0 unspecified atom stereocenters. The lowest BCUT2D eigenvalue weighted by Gasteiger charge is -2.46. The van der Waals surface area contributed by atoms with Crippen LogP contribution in [0.2, 0.25) is 0 Å². The highest BCUT2D eigenvalue weighted by Gasteiger charge is 2.48. The van der Waals surface area contributed by atoms with Crippen LogP contribution in [0.1, 0.15) is 84.6 Å². The van der Waals surface area contributed by atoms with E-state index in [0.717, 1.165) is 5.69 Å². The average Bonchev–Trinajstić information content (AvgIpc) is 3.51. The van der Waals surface area contributed by atoms with Gasteiger partial charge in [-0.2, -0.15) is 0 Å². The molecule has 0 fully saturated rings. The first-order chi connectivity index (χ1) is 37.0. The van der Waals surface area contributed by atoms with E-state index in [4.69, 9.17) is 0 Å². The maximum atomic E-state index is 2.69. The van der Waals surface area contributed by atoms with Gasteiger partial charge in [0.2, 0.25) is 0 Å². The highest BCUT2D eigenvalue weighted by Crippen LogP contribution is 2.51. The van der Waals surface area contributed by atoms with Gasteiger partial charge in [-0.1, -0.05) is 250 Å². The predicted octanol–water partition coefficient (Wildman–Crippen LogP) is 14.7. The summed E-state index contributed by atoms with van der Waals surface area (Å²) >= 11 is 0. The lowest BCUT2D eigenvalue weighted by atomic mass is 9.33. The normalized spacial score (nSPS) is 13.2. The lowest BCUT2D eigenvalue weighted by molar-refractivity contribution is 0.590. The molecule has 10 aromatic carbocycles. The van der Waals surface area contributed by atoms with Crippen molar-refractivity contribution in [1.82, 2.24) is 0 Å². The minimum absolute atomic E-state index is 0.0166. The van der Waals surface area contributed by atoms with Crippen LogP contribution in [0.25, 0.3) is 22.3 Å². The zero-order valence-corrected chi connectivity index (χ0v) is 47.5.